The predicted molar refractivity (Wildman–Crippen MR) is 126 cm³/mol. The van der Waals surface area contributed by atoms with Gasteiger partial charge in [0.1, 0.15) is 6.61 Å². The standard InChI is InChI=1S/C22H26ClN3O4S/c1-13-7-16(8-14(2)21(13)26-5-6-30-12-20(26)28)24-10-17(27)11-25-22(29)18-9-15(23)3-4-19(18)31/h3,7-9,17,24,27H,4-6,10-12H2,1-2H3,(H,25,29). The molecule has 166 valence electrons. The molecule has 1 unspecified atom stereocenters. The topological polar surface area (TPSA) is 90.9 Å². The number of nitrogens with one attached hydrogen (secondary N) is 2. The Labute approximate surface area is 192 Å². The molecule has 0 bridgehead atoms. The molecule has 1 fully saturated rings. The van der Waals surface area contributed by atoms with E-state index in [0.717, 1.165) is 22.5 Å². The molecule has 1 aromatic carbocycles. The van der Waals surface area contributed by atoms with Gasteiger partial charge in [0.2, 0.25) is 0 Å². The fourth-order valence-corrected chi connectivity index (χ4v) is 4.04. The Bertz CT molecular complexity index is 937. The highest BCUT2D eigenvalue weighted by molar-refractivity contribution is 7.81. The maximum absolute atomic E-state index is 12.3. The lowest BCUT2D eigenvalue weighted by atomic mass is 10.0. The van der Waals surface area contributed by atoms with Gasteiger partial charge in [-0.2, -0.15) is 0 Å². The number of allylic oxidation sites excluding steroid dienone is 3. The first kappa shape index (κ1) is 23.4. The van der Waals surface area contributed by atoms with Gasteiger partial charge in [-0.1, -0.05) is 29.9 Å². The van der Waals surface area contributed by atoms with Crippen LogP contribution in [0.15, 0.2) is 34.9 Å². The Balaban J connectivity index is 1.55. The summed E-state index contributed by atoms with van der Waals surface area (Å²) in [6.07, 6.45) is 2.96. The summed E-state index contributed by atoms with van der Waals surface area (Å²) in [4.78, 5) is 26.8. The van der Waals surface area contributed by atoms with Gasteiger partial charge in [-0.05, 0) is 43.2 Å². The number of morpholine rings is 1. The van der Waals surface area contributed by atoms with Crippen molar-refractivity contribution in [2.45, 2.75) is 26.4 Å². The number of aliphatic hydroxyl groups excluding tert-OH is 1. The number of carbonyl (C=O) groups is 2. The first-order valence-electron chi connectivity index (χ1n) is 10.1. The molecule has 7 nitrogen and oxygen atoms in total. The number of aryl methyl sites for hydroxylation is 2. The number of aliphatic hydroxyl groups is 1. The second-order valence-electron chi connectivity index (χ2n) is 7.58. The highest BCUT2D eigenvalue weighted by atomic mass is 35.5. The van der Waals surface area contributed by atoms with Gasteiger partial charge in [-0.3, -0.25) is 9.59 Å². The minimum atomic E-state index is -0.797. The van der Waals surface area contributed by atoms with Crippen LogP contribution in [0.3, 0.4) is 0 Å². The lowest BCUT2D eigenvalue weighted by molar-refractivity contribution is -0.125. The maximum Gasteiger partial charge on any atom is 0.253 e. The van der Waals surface area contributed by atoms with E-state index in [1.165, 1.54) is 0 Å². The van der Waals surface area contributed by atoms with Crippen molar-refractivity contribution in [3.63, 3.8) is 0 Å². The lowest BCUT2D eigenvalue weighted by Crippen LogP contribution is -2.42. The Morgan fingerprint density at radius 1 is 1.32 bits per heavy atom. The zero-order valence-electron chi connectivity index (χ0n) is 17.5. The van der Waals surface area contributed by atoms with Gasteiger partial charge >= 0.3 is 0 Å². The predicted octanol–water partition coefficient (Wildman–Crippen LogP) is 2.38. The summed E-state index contributed by atoms with van der Waals surface area (Å²) in [6, 6.07) is 3.88. The Kier molecular flexibility index (Phi) is 7.83. The van der Waals surface area contributed by atoms with Crippen LogP contribution in [0.1, 0.15) is 17.5 Å². The maximum atomic E-state index is 12.3. The fourth-order valence-electron chi connectivity index (χ4n) is 3.62. The van der Waals surface area contributed by atoms with Gasteiger partial charge in [-0.25, -0.2) is 0 Å². The van der Waals surface area contributed by atoms with E-state index in [0.29, 0.717) is 35.0 Å². The van der Waals surface area contributed by atoms with Crippen molar-refractivity contribution in [2.75, 3.05) is 43.1 Å². The molecule has 0 radical (unpaired) electrons. The van der Waals surface area contributed by atoms with Crippen LogP contribution in [0.25, 0.3) is 0 Å². The minimum Gasteiger partial charge on any atom is -0.389 e. The van der Waals surface area contributed by atoms with Crippen LogP contribution in [-0.4, -0.2) is 60.7 Å². The molecule has 1 aromatic rings. The van der Waals surface area contributed by atoms with Gasteiger partial charge in [0.15, 0.2) is 0 Å². The second-order valence-corrected chi connectivity index (χ2v) is 8.50. The molecule has 1 saturated heterocycles. The molecule has 9 heteroatoms. The monoisotopic (exact) mass is 463 g/mol. The number of hydrogen-bond donors (Lipinski definition) is 3. The molecule has 3 N–H and O–H groups in total. The second kappa shape index (κ2) is 10.4. The first-order chi connectivity index (χ1) is 14.8. The number of benzene rings is 1. The zero-order valence-corrected chi connectivity index (χ0v) is 19.1. The summed E-state index contributed by atoms with van der Waals surface area (Å²) < 4.78 is 5.21. The van der Waals surface area contributed by atoms with Gasteiger partial charge in [0.05, 0.1) is 18.3 Å². The van der Waals surface area contributed by atoms with Crippen LogP contribution in [0, 0.1) is 13.8 Å². The number of hydrogen-bond acceptors (Lipinski definition) is 6. The van der Waals surface area contributed by atoms with Crippen LogP contribution in [0.4, 0.5) is 11.4 Å². The quantitative estimate of drug-likeness (QED) is 0.538. The van der Waals surface area contributed by atoms with E-state index in [9.17, 15) is 14.7 Å². The van der Waals surface area contributed by atoms with E-state index in [2.05, 4.69) is 10.6 Å². The molecular weight excluding hydrogens is 438 g/mol. The molecule has 0 aromatic heterocycles. The Morgan fingerprint density at radius 3 is 2.71 bits per heavy atom. The molecule has 1 aliphatic heterocycles. The van der Waals surface area contributed by atoms with Crippen LogP contribution in [0.2, 0.25) is 0 Å². The summed E-state index contributed by atoms with van der Waals surface area (Å²) in [5.74, 6) is -0.393. The van der Waals surface area contributed by atoms with E-state index >= 15 is 0 Å². The fraction of sp³-hybridized carbons (Fsp3) is 0.409. The van der Waals surface area contributed by atoms with E-state index in [4.69, 9.17) is 28.6 Å². The largest absolute Gasteiger partial charge is 0.389 e. The minimum absolute atomic E-state index is 0.0475. The number of carbonyl (C=O) groups excluding carboxylic acids is 2. The van der Waals surface area contributed by atoms with E-state index in [1.54, 1.807) is 17.1 Å². The molecule has 3 rings (SSSR count). The first-order valence-corrected chi connectivity index (χ1v) is 10.8. The number of ether oxygens (including phenoxy) is 1. The number of rotatable bonds is 7. The van der Waals surface area contributed by atoms with Crippen LogP contribution in [0.5, 0.6) is 0 Å². The third-order valence-electron chi connectivity index (χ3n) is 5.10. The summed E-state index contributed by atoms with van der Waals surface area (Å²) in [7, 11) is 0. The molecule has 31 heavy (non-hydrogen) atoms. The number of nitrogens with zero attached hydrogens (tertiary/aromatic N) is 1. The molecule has 1 atom stereocenters. The summed E-state index contributed by atoms with van der Waals surface area (Å²) in [5, 5.41) is 16.6. The number of thiocarbonyl (C=S) groups is 1. The number of amides is 2. The summed E-state index contributed by atoms with van der Waals surface area (Å²) in [6.45, 7) is 5.38. The normalized spacial score (nSPS) is 17.7. The average molecular weight is 464 g/mol. The average Bonchev–Trinajstić information content (AvgIpc) is 2.73. The van der Waals surface area contributed by atoms with Gasteiger partial charge in [-0.15, -0.1) is 0 Å². The van der Waals surface area contributed by atoms with Gasteiger partial charge in [0.25, 0.3) is 11.8 Å². The summed E-state index contributed by atoms with van der Waals surface area (Å²) in [5.41, 5.74) is 4.02. The van der Waals surface area contributed by atoms with Crippen LogP contribution < -0.4 is 15.5 Å². The van der Waals surface area contributed by atoms with Gasteiger partial charge in [0, 0.05) is 47.3 Å². The van der Waals surface area contributed by atoms with Gasteiger partial charge < -0.3 is 25.4 Å². The number of anilines is 2. The molecule has 1 aliphatic carbocycles. The lowest BCUT2D eigenvalue weighted by Gasteiger charge is -2.30. The van der Waals surface area contributed by atoms with Crippen molar-refractivity contribution in [2.24, 2.45) is 0 Å². The van der Waals surface area contributed by atoms with Crippen molar-refractivity contribution < 1.29 is 19.4 Å². The molecular formula is C22H26ClN3O4S. The SMILES string of the molecule is Cc1cc(NCC(O)CNC(=O)C2=CC(Cl)=CCC2=S)cc(C)c1N1CCOCC1=O. The molecule has 2 amide bonds. The highest BCUT2D eigenvalue weighted by Gasteiger charge is 2.23. The van der Waals surface area contributed by atoms with Crippen LogP contribution >= 0.6 is 23.8 Å². The number of halogens is 1. The van der Waals surface area contributed by atoms with E-state index < -0.39 is 6.10 Å². The van der Waals surface area contributed by atoms with E-state index in [-0.39, 0.29) is 31.5 Å². The Morgan fingerprint density at radius 2 is 2.03 bits per heavy atom. The van der Waals surface area contributed by atoms with Crippen molar-refractivity contribution in [3.8, 4) is 0 Å². The van der Waals surface area contributed by atoms with Crippen molar-refractivity contribution in [1.29, 1.82) is 0 Å². The summed E-state index contributed by atoms with van der Waals surface area (Å²) >= 11 is 11.2. The zero-order chi connectivity index (χ0) is 22.5. The smallest absolute Gasteiger partial charge is 0.253 e. The molecule has 2 aliphatic rings. The van der Waals surface area contributed by atoms with Crippen molar-refractivity contribution >= 4 is 51.9 Å². The third kappa shape index (κ3) is 5.92. The van der Waals surface area contributed by atoms with Crippen LogP contribution in [-0.2, 0) is 14.3 Å². The Hall–Kier alpha value is -2.26. The van der Waals surface area contributed by atoms with Crippen molar-refractivity contribution in [1.82, 2.24) is 5.32 Å². The molecule has 0 spiro atoms. The van der Waals surface area contributed by atoms with Crippen molar-refractivity contribution in [3.05, 3.63) is 46.0 Å². The highest BCUT2D eigenvalue weighted by Crippen LogP contribution is 2.29. The van der Waals surface area contributed by atoms with E-state index in [1.807, 2.05) is 26.0 Å². The molecule has 0 saturated carbocycles. The third-order valence-corrected chi connectivity index (χ3v) is 5.75. The molecule has 1 heterocycles.